The summed E-state index contributed by atoms with van der Waals surface area (Å²) in [6.07, 6.45) is 2.13. The fourth-order valence-corrected chi connectivity index (χ4v) is 2.84. The number of rotatable bonds is 4. The Balaban J connectivity index is 2.03. The fraction of sp³-hybridized carbons (Fsp3) is 0.562. The van der Waals surface area contributed by atoms with Crippen LogP contribution in [0.15, 0.2) is 24.3 Å². The standard InChI is InChI=1S/C16H23NO3/c1-16(2,20)14-7-4-8-17(11-14)10-12-5-3-6-13(9-12)15(18)19/h3,5-6,9,14,20H,4,7-8,10-11H2,1-2H3,(H,18,19)/t14-/m1/s1. The number of nitrogens with zero attached hydrogens (tertiary/aromatic N) is 1. The third-order valence-corrected chi connectivity index (χ3v) is 4.08. The molecule has 1 fully saturated rings. The molecule has 0 saturated carbocycles. The van der Waals surface area contributed by atoms with E-state index in [1.165, 1.54) is 0 Å². The lowest BCUT2D eigenvalue weighted by molar-refractivity contribution is -0.0198. The molecule has 0 radical (unpaired) electrons. The van der Waals surface area contributed by atoms with E-state index in [0.29, 0.717) is 5.56 Å². The molecule has 2 N–H and O–H groups in total. The highest BCUT2D eigenvalue weighted by atomic mass is 16.4. The summed E-state index contributed by atoms with van der Waals surface area (Å²) in [5, 5.41) is 19.2. The first-order valence-electron chi connectivity index (χ1n) is 7.13. The van der Waals surface area contributed by atoms with Gasteiger partial charge in [-0.1, -0.05) is 12.1 Å². The van der Waals surface area contributed by atoms with E-state index in [2.05, 4.69) is 4.90 Å². The van der Waals surface area contributed by atoms with E-state index in [9.17, 15) is 9.90 Å². The van der Waals surface area contributed by atoms with Crippen molar-refractivity contribution in [1.82, 2.24) is 4.90 Å². The fourth-order valence-electron chi connectivity index (χ4n) is 2.84. The summed E-state index contributed by atoms with van der Waals surface area (Å²) in [4.78, 5) is 13.3. The van der Waals surface area contributed by atoms with Crippen molar-refractivity contribution in [2.75, 3.05) is 13.1 Å². The third-order valence-electron chi connectivity index (χ3n) is 4.08. The molecule has 110 valence electrons. The molecule has 0 unspecified atom stereocenters. The van der Waals surface area contributed by atoms with E-state index in [0.717, 1.165) is 38.0 Å². The number of carbonyl (C=O) groups is 1. The number of hydrogen-bond acceptors (Lipinski definition) is 3. The third kappa shape index (κ3) is 3.81. The van der Waals surface area contributed by atoms with Crippen LogP contribution in [0.2, 0.25) is 0 Å². The number of benzene rings is 1. The first-order chi connectivity index (χ1) is 9.36. The van der Waals surface area contributed by atoms with Gasteiger partial charge in [0.15, 0.2) is 0 Å². The van der Waals surface area contributed by atoms with Crippen LogP contribution in [0.25, 0.3) is 0 Å². The Morgan fingerprint density at radius 1 is 1.45 bits per heavy atom. The number of carboxylic acid groups (broad SMARTS) is 1. The molecule has 4 heteroatoms. The SMILES string of the molecule is CC(C)(O)[C@@H]1CCCN(Cc2cccc(C(=O)O)c2)C1. The van der Waals surface area contributed by atoms with Gasteiger partial charge < -0.3 is 10.2 Å². The van der Waals surface area contributed by atoms with Crippen LogP contribution in [-0.4, -0.2) is 39.8 Å². The molecule has 4 nitrogen and oxygen atoms in total. The van der Waals surface area contributed by atoms with Crippen LogP contribution in [0.4, 0.5) is 0 Å². The van der Waals surface area contributed by atoms with Crippen molar-refractivity contribution in [2.24, 2.45) is 5.92 Å². The summed E-state index contributed by atoms with van der Waals surface area (Å²) in [5.41, 5.74) is 0.696. The van der Waals surface area contributed by atoms with E-state index in [1.807, 2.05) is 19.9 Å². The van der Waals surface area contributed by atoms with Crippen molar-refractivity contribution in [3.63, 3.8) is 0 Å². The van der Waals surface area contributed by atoms with Crippen molar-refractivity contribution >= 4 is 5.97 Å². The number of hydrogen-bond donors (Lipinski definition) is 2. The Kier molecular flexibility index (Phi) is 4.45. The minimum Gasteiger partial charge on any atom is -0.478 e. The van der Waals surface area contributed by atoms with Crippen molar-refractivity contribution in [1.29, 1.82) is 0 Å². The van der Waals surface area contributed by atoms with Gasteiger partial charge in [-0.2, -0.15) is 0 Å². The summed E-state index contributed by atoms with van der Waals surface area (Å²) in [7, 11) is 0. The van der Waals surface area contributed by atoms with Gasteiger partial charge in [0.25, 0.3) is 0 Å². The Morgan fingerprint density at radius 3 is 2.85 bits per heavy atom. The van der Waals surface area contributed by atoms with E-state index in [4.69, 9.17) is 5.11 Å². The zero-order valence-corrected chi connectivity index (χ0v) is 12.2. The largest absolute Gasteiger partial charge is 0.478 e. The number of piperidine rings is 1. The molecule has 2 rings (SSSR count). The maximum absolute atomic E-state index is 11.0. The molecule has 1 heterocycles. The molecule has 1 aliphatic rings. The van der Waals surface area contributed by atoms with Crippen LogP contribution >= 0.6 is 0 Å². The first kappa shape index (κ1) is 15.0. The van der Waals surface area contributed by atoms with E-state index < -0.39 is 11.6 Å². The normalized spacial score (nSPS) is 20.9. The zero-order chi connectivity index (χ0) is 14.8. The summed E-state index contributed by atoms with van der Waals surface area (Å²) in [6.45, 7) is 6.34. The molecule has 20 heavy (non-hydrogen) atoms. The smallest absolute Gasteiger partial charge is 0.335 e. The number of likely N-dealkylation sites (tertiary alicyclic amines) is 1. The lowest BCUT2D eigenvalue weighted by Gasteiger charge is -2.38. The number of aliphatic hydroxyl groups is 1. The van der Waals surface area contributed by atoms with Gasteiger partial charge in [-0.3, -0.25) is 4.90 Å². The lowest BCUT2D eigenvalue weighted by Crippen LogP contribution is -2.44. The van der Waals surface area contributed by atoms with Gasteiger partial charge in [0.05, 0.1) is 11.2 Å². The molecule has 0 spiro atoms. The van der Waals surface area contributed by atoms with Gasteiger partial charge in [0, 0.05) is 13.1 Å². The average Bonchev–Trinajstić information content (AvgIpc) is 2.38. The predicted molar refractivity (Wildman–Crippen MR) is 77.7 cm³/mol. The monoisotopic (exact) mass is 277 g/mol. The predicted octanol–water partition coefficient (Wildman–Crippen LogP) is 2.37. The number of aromatic carboxylic acids is 1. The Morgan fingerprint density at radius 2 is 2.20 bits per heavy atom. The maximum atomic E-state index is 11.0. The van der Waals surface area contributed by atoms with Crippen LogP contribution in [0, 0.1) is 5.92 Å². The molecular weight excluding hydrogens is 254 g/mol. The minimum atomic E-state index is -0.889. The van der Waals surface area contributed by atoms with E-state index >= 15 is 0 Å². The molecule has 1 saturated heterocycles. The van der Waals surface area contributed by atoms with Gasteiger partial charge in [-0.25, -0.2) is 4.79 Å². The second-order valence-electron chi connectivity index (χ2n) is 6.23. The molecule has 1 aromatic rings. The van der Waals surface area contributed by atoms with Crippen molar-refractivity contribution in [3.8, 4) is 0 Å². The second-order valence-corrected chi connectivity index (χ2v) is 6.23. The Labute approximate surface area is 120 Å². The molecule has 0 aliphatic carbocycles. The van der Waals surface area contributed by atoms with Gasteiger partial charge in [-0.05, 0) is 56.8 Å². The Hall–Kier alpha value is -1.39. The van der Waals surface area contributed by atoms with Gasteiger partial charge in [-0.15, -0.1) is 0 Å². The molecule has 0 aromatic heterocycles. The molecule has 1 aliphatic heterocycles. The van der Waals surface area contributed by atoms with Crippen LogP contribution < -0.4 is 0 Å². The highest BCUT2D eigenvalue weighted by Crippen LogP contribution is 2.27. The highest BCUT2D eigenvalue weighted by Gasteiger charge is 2.31. The first-order valence-corrected chi connectivity index (χ1v) is 7.13. The van der Waals surface area contributed by atoms with E-state index in [-0.39, 0.29) is 5.92 Å². The van der Waals surface area contributed by atoms with Gasteiger partial charge in [0.2, 0.25) is 0 Å². The van der Waals surface area contributed by atoms with Crippen LogP contribution in [0.5, 0.6) is 0 Å². The van der Waals surface area contributed by atoms with Crippen molar-refractivity contribution in [2.45, 2.75) is 38.8 Å². The van der Waals surface area contributed by atoms with Gasteiger partial charge in [0.1, 0.15) is 0 Å². The molecular formula is C16H23NO3. The van der Waals surface area contributed by atoms with Crippen molar-refractivity contribution in [3.05, 3.63) is 35.4 Å². The van der Waals surface area contributed by atoms with Crippen LogP contribution in [-0.2, 0) is 6.54 Å². The quantitative estimate of drug-likeness (QED) is 0.887. The maximum Gasteiger partial charge on any atom is 0.335 e. The molecule has 0 bridgehead atoms. The highest BCUT2D eigenvalue weighted by molar-refractivity contribution is 5.87. The molecule has 1 aromatic carbocycles. The minimum absolute atomic E-state index is 0.277. The van der Waals surface area contributed by atoms with Crippen LogP contribution in [0.1, 0.15) is 42.6 Å². The van der Waals surface area contributed by atoms with E-state index in [1.54, 1.807) is 18.2 Å². The summed E-state index contributed by atoms with van der Waals surface area (Å²) in [6, 6.07) is 7.09. The summed E-state index contributed by atoms with van der Waals surface area (Å²) in [5.74, 6) is -0.612. The Bertz CT molecular complexity index is 479. The molecule has 1 atom stereocenters. The average molecular weight is 277 g/mol. The molecule has 0 amide bonds. The van der Waals surface area contributed by atoms with Crippen LogP contribution in [0.3, 0.4) is 0 Å². The van der Waals surface area contributed by atoms with Crippen molar-refractivity contribution < 1.29 is 15.0 Å². The summed E-state index contributed by atoms with van der Waals surface area (Å²) >= 11 is 0. The second kappa shape index (κ2) is 5.94. The van der Waals surface area contributed by atoms with Gasteiger partial charge >= 0.3 is 5.97 Å². The summed E-state index contributed by atoms with van der Waals surface area (Å²) < 4.78 is 0. The zero-order valence-electron chi connectivity index (χ0n) is 12.2. The topological polar surface area (TPSA) is 60.8 Å². The number of carboxylic acids is 1. The lowest BCUT2D eigenvalue weighted by atomic mass is 9.84.